The van der Waals surface area contributed by atoms with Crippen molar-refractivity contribution in [2.24, 2.45) is 0 Å². The quantitative estimate of drug-likeness (QED) is 0.463. The van der Waals surface area contributed by atoms with E-state index in [0.717, 1.165) is 12.8 Å². The van der Waals surface area contributed by atoms with Crippen LogP contribution in [0.3, 0.4) is 0 Å². The first-order valence-electron chi connectivity index (χ1n) is 9.60. The molecular weight excluding hydrogens is 396 g/mol. The van der Waals surface area contributed by atoms with E-state index in [2.05, 4.69) is 10.6 Å². The van der Waals surface area contributed by atoms with E-state index < -0.39 is 23.2 Å². The Morgan fingerprint density at radius 1 is 1.17 bits per heavy atom. The molecule has 1 saturated heterocycles. The highest BCUT2D eigenvalue weighted by Crippen LogP contribution is 2.22. The maximum atomic E-state index is 12.2. The fourth-order valence-corrected chi connectivity index (χ4v) is 3.71. The van der Waals surface area contributed by atoms with Crippen molar-refractivity contribution in [1.29, 1.82) is 0 Å². The second-order valence-electron chi connectivity index (χ2n) is 6.45. The standard InChI is InChI=1S/C20H26N2O6S/c1-3-5-10-28-19(25)13-6-8-14(9-7-13)21-17(23)11-16-18(24)22-15(12-29-16)20(26)27-4-2/h6-9,15-16H,3-5,10-12H2,1-2H3,(H,21,23)(H,22,24)/t15-,16+/m1/s1. The molecule has 0 aliphatic carbocycles. The van der Waals surface area contributed by atoms with Crippen molar-refractivity contribution in [2.45, 2.75) is 44.4 Å². The van der Waals surface area contributed by atoms with Crippen LogP contribution in [0.2, 0.25) is 0 Å². The predicted molar refractivity (Wildman–Crippen MR) is 110 cm³/mol. The van der Waals surface area contributed by atoms with Gasteiger partial charge in [0.15, 0.2) is 0 Å². The lowest BCUT2D eigenvalue weighted by molar-refractivity contribution is -0.146. The summed E-state index contributed by atoms with van der Waals surface area (Å²) in [4.78, 5) is 48.0. The second-order valence-corrected chi connectivity index (χ2v) is 7.69. The van der Waals surface area contributed by atoms with Gasteiger partial charge in [-0.25, -0.2) is 9.59 Å². The molecule has 29 heavy (non-hydrogen) atoms. The van der Waals surface area contributed by atoms with Crippen LogP contribution in [-0.2, 0) is 23.9 Å². The Kier molecular flexibility index (Phi) is 8.98. The number of carbonyl (C=O) groups is 4. The summed E-state index contributed by atoms with van der Waals surface area (Å²) in [5.74, 6) is -1.20. The summed E-state index contributed by atoms with van der Waals surface area (Å²) in [7, 11) is 0. The molecule has 1 aromatic rings. The van der Waals surface area contributed by atoms with E-state index in [1.54, 1.807) is 31.2 Å². The first-order valence-corrected chi connectivity index (χ1v) is 10.6. The molecule has 1 aromatic carbocycles. The molecule has 0 unspecified atom stereocenters. The van der Waals surface area contributed by atoms with Crippen LogP contribution < -0.4 is 10.6 Å². The van der Waals surface area contributed by atoms with Gasteiger partial charge < -0.3 is 20.1 Å². The van der Waals surface area contributed by atoms with Crippen molar-refractivity contribution in [3.63, 3.8) is 0 Å². The topological polar surface area (TPSA) is 111 Å². The molecule has 1 aliphatic rings. The van der Waals surface area contributed by atoms with Gasteiger partial charge in [-0.05, 0) is 37.6 Å². The molecule has 1 heterocycles. The molecule has 2 N–H and O–H groups in total. The smallest absolute Gasteiger partial charge is 0.338 e. The van der Waals surface area contributed by atoms with Gasteiger partial charge in [0.25, 0.3) is 0 Å². The zero-order valence-corrected chi connectivity index (χ0v) is 17.4. The Morgan fingerprint density at radius 2 is 1.90 bits per heavy atom. The first kappa shape index (κ1) is 22.7. The number of benzene rings is 1. The molecule has 158 valence electrons. The van der Waals surface area contributed by atoms with Crippen LogP contribution in [0.25, 0.3) is 0 Å². The van der Waals surface area contributed by atoms with Crippen LogP contribution >= 0.6 is 11.8 Å². The fraction of sp³-hybridized carbons (Fsp3) is 0.500. The number of hydrogen-bond acceptors (Lipinski definition) is 7. The number of amides is 2. The lowest BCUT2D eigenvalue weighted by Gasteiger charge is -2.27. The van der Waals surface area contributed by atoms with Gasteiger partial charge in [-0.3, -0.25) is 9.59 Å². The molecule has 1 aliphatic heterocycles. The minimum atomic E-state index is -0.684. The molecule has 0 spiro atoms. The molecule has 0 bridgehead atoms. The average molecular weight is 423 g/mol. The number of ether oxygens (including phenoxy) is 2. The van der Waals surface area contributed by atoms with Crippen LogP contribution in [0, 0.1) is 0 Å². The highest BCUT2D eigenvalue weighted by Gasteiger charge is 2.34. The van der Waals surface area contributed by atoms with Crippen LogP contribution in [0.4, 0.5) is 5.69 Å². The Bertz CT molecular complexity index is 737. The van der Waals surface area contributed by atoms with Crippen molar-refractivity contribution >= 4 is 41.2 Å². The van der Waals surface area contributed by atoms with E-state index in [-0.39, 0.29) is 24.8 Å². The zero-order chi connectivity index (χ0) is 21.2. The van der Waals surface area contributed by atoms with Crippen molar-refractivity contribution in [3.8, 4) is 0 Å². The van der Waals surface area contributed by atoms with E-state index in [1.807, 2.05) is 6.92 Å². The second kappa shape index (κ2) is 11.5. The van der Waals surface area contributed by atoms with Crippen LogP contribution in [-0.4, -0.2) is 54.0 Å². The lowest BCUT2D eigenvalue weighted by Crippen LogP contribution is -2.51. The molecule has 2 rings (SSSR count). The van der Waals surface area contributed by atoms with Gasteiger partial charge >= 0.3 is 11.9 Å². The summed E-state index contributed by atoms with van der Waals surface area (Å²) in [6, 6.07) is 5.70. The van der Waals surface area contributed by atoms with E-state index in [4.69, 9.17) is 9.47 Å². The van der Waals surface area contributed by atoms with Crippen LogP contribution in [0.1, 0.15) is 43.5 Å². The summed E-state index contributed by atoms with van der Waals surface area (Å²) in [6.07, 6.45) is 1.74. The highest BCUT2D eigenvalue weighted by molar-refractivity contribution is 8.00. The number of esters is 2. The van der Waals surface area contributed by atoms with Gasteiger partial charge in [-0.15, -0.1) is 11.8 Å². The maximum absolute atomic E-state index is 12.2. The molecule has 2 amide bonds. The first-order chi connectivity index (χ1) is 13.9. The number of hydrogen-bond donors (Lipinski definition) is 2. The third-order valence-corrected chi connectivity index (χ3v) is 5.46. The summed E-state index contributed by atoms with van der Waals surface area (Å²) in [6.45, 7) is 4.34. The number of nitrogens with one attached hydrogen (secondary N) is 2. The Hall–Kier alpha value is -2.55. The number of anilines is 1. The third-order valence-electron chi connectivity index (χ3n) is 4.15. The number of carbonyl (C=O) groups excluding carboxylic acids is 4. The molecular formula is C20H26N2O6S. The predicted octanol–water partition coefficient (Wildman–Crippen LogP) is 2.14. The molecule has 1 fully saturated rings. The van der Waals surface area contributed by atoms with Crippen molar-refractivity contribution in [3.05, 3.63) is 29.8 Å². The van der Waals surface area contributed by atoms with E-state index in [9.17, 15) is 19.2 Å². The molecule has 9 heteroatoms. The zero-order valence-electron chi connectivity index (χ0n) is 16.6. The van der Waals surface area contributed by atoms with Gasteiger partial charge in [0.2, 0.25) is 11.8 Å². The van der Waals surface area contributed by atoms with E-state index in [0.29, 0.717) is 23.6 Å². The summed E-state index contributed by atoms with van der Waals surface area (Å²) in [5.41, 5.74) is 0.928. The summed E-state index contributed by atoms with van der Waals surface area (Å²) >= 11 is 1.25. The van der Waals surface area contributed by atoms with Gasteiger partial charge in [0.05, 0.1) is 24.0 Å². The van der Waals surface area contributed by atoms with Crippen LogP contribution in [0.5, 0.6) is 0 Å². The Morgan fingerprint density at radius 3 is 2.52 bits per heavy atom. The van der Waals surface area contributed by atoms with E-state index in [1.165, 1.54) is 11.8 Å². The number of unbranched alkanes of at least 4 members (excludes halogenated alkanes) is 1. The Labute approximate surface area is 174 Å². The molecule has 0 aromatic heterocycles. The maximum Gasteiger partial charge on any atom is 0.338 e. The van der Waals surface area contributed by atoms with Crippen LogP contribution in [0.15, 0.2) is 24.3 Å². The highest BCUT2D eigenvalue weighted by atomic mass is 32.2. The number of thioether (sulfide) groups is 1. The van der Waals surface area contributed by atoms with Crippen molar-refractivity contribution < 1.29 is 28.7 Å². The summed E-state index contributed by atoms with van der Waals surface area (Å²) in [5, 5.41) is 4.73. The van der Waals surface area contributed by atoms with Gasteiger partial charge in [0.1, 0.15) is 6.04 Å². The van der Waals surface area contributed by atoms with Gasteiger partial charge in [0, 0.05) is 17.9 Å². The van der Waals surface area contributed by atoms with Crippen molar-refractivity contribution in [2.75, 3.05) is 24.3 Å². The third kappa shape index (κ3) is 7.08. The minimum absolute atomic E-state index is 0.0210. The molecule has 0 saturated carbocycles. The van der Waals surface area contributed by atoms with Crippen molar-refractivity contribution in [1.82, 2.24) is 5.32 Å². The monoisotopic (exact) mass is 422 g/mol. The van der Waals surface area contributed by atoms with Gasteiger partial charge in [-0.2, -0.15) is 0 Å². The Balaban J connectivity index is 1.81. The number of rotatable bonds is 9. The minimum Gasteiger partial charge on any atom is -0.464 e. The molecule has 0 radical (unpaired) electrons. The summed E-state index contributed by atoms with van der Waals surface area (Å²) < 4.78 is 10.0. The fourth-order valence-electron chi connectivity index (χ4n) is 2.58. The average Bonchev–Trinajstić information content (AvgIpc) is 2.70. The SMILES string of the molecule is CCCCOC(=O)c1ccc(NC(=O)C[C@@H]2SC[C@H](C(=O)OCC)NC2=O)cc1. The molecule has 2 atom stereocenters. The van der Waals surface area contributed by atoms with E-state index >= 15 is 0 Å². The largest absolute Gasteiger partial charge is 0.464 e. The normalized spacial score (nSPS) is 18.5. The molecule has 8 nitrogen and oxygen atoms in total. The van der Waals surface area contributed by atoms with Gasteiger partial charge in [-0.1, -0.05) is 13.3 Å². The lowest BCUT2D eigenvalue weighted by atomic mass is 10.2.